The highest BCUT2D eigenvalue weighted by atomic mass is 32.2. The SMILES string of the molecule is CC(C)(C)OC(=O)NC(Cc1cc2cnn(S(=O)(=O)c3ccccc3)c2cn1)C(=O)O. The normalized spacial score (nSPS) is 13.0. The maximum Gasteiger partial charge on any atom is 0.408 e. The van der Waals surface area contributed by atoms with Gasteiger partial charge in [0, 0.05) is 17.5 Å². The van der Waals surface area contributed by atoms with Gasteiger partial charge in [0.05, 0.1) is 17.3 Å². The lowest BCUT2D eigenvalue weighted by Crippen LogP contribution is -2.44. The van der Waals surface area contributed by atoms with Gasteiger partial charge >= 0.3 is 12.1 Å². The molecule has 164 valence electrons. The van der Waals surface area contributed by atoms with Crippen molar-refractivity contribution in [3.63, 3.8) is 0 Å². The fourth-order valence-corrected chi connectivity index (χ4v) is 4.09. The van der Waals surface area contributed by atoms with Gasteiger partial charge in [0.25, 0.3) is 10.0 Å². The standard InChI is InChI=1S/C20H22N4O6S/c1-20(2,3)30-19(27)23-16(18(25)26)10-14-9-13-11-22-24(17(13)12-21-14)31(28,29)15-7-5-4-6-8-15/h4-9,11-12,16H,10H2,1-3H3,(H,23,27)(H,25,26). The molecule has 1 aromatic carbocycles. The van der Waals surface area contributed by atoms with Gasteiger partial charge in [-0.25, -0.2) is 9.59 Å². The first-order valence-electron chi connectivity index (χ1n) is 9.33. The molecule has 0 radical (unpaired) electrons. The Morgan fingerprint density at radius 2 is 1.87 bits per heavy atom. The highest BCUT2D eigenvalue weighted by Gasteiger charge is 2.25. The maximum atomic E-state index is 12.8. The van der Waals surface area contributed by atoms with Gasteiger partial charge in [-0.05, 0) is 39.0 Å². The summed E-state index contributed by atoms with van der Waals surface area (Å²) >= 11 is 0. The van der Waals surface area contributed by atoms with Gasteiger partial charge in [-0.15, -0.1) is 0 Å². The molecular weight excluding hydrogens is 424 g/mol. The van der Waals surface area contributed by atoms with Gasteiger partial charge in [0.1, 0.15) is 17.2 Å². The highest BCUT2D eigenvalue weighted by Crippen LogP contribution is 2.20. The molecule has 2 heterocycles. The lowest BCUT2D eigenvalue weighted by atomic mass is 10.1. The molecule has 2 aromatic heterocycles. The van der Waals surface area contributed by atoms with E-state index in [9.17, 15) is 23.1 Å². The Balaban J connectivity index is 1.85. The molecule has 1 unspecified atom stereocenters. The molecule has 0 fully saturated rings. The molecule has 0 aliphatic carbocycles. The van der Waals surface area contributed by atoms with Crippen LogP contribution in [0.3, 0.4) is 0 Å². The van der Waals surface area contributed by atoms with E-state index < -0.39 is 33.7 Å². The van der Waals surface area contributed by atoms with Crippen LogP contribution in [0.1, 0.15) is 26.5 Å². The Morgan fingerprint density at radius 1 is 1.19 bits per heavy atom. The second-order valence-corrected chi connectivity index (χ2v) is 9.55. The van der Waals surface area contributed by atoms with Crippen molar-refractivity contribution in [2.75, 3.05) is 0 Å². The first-order valence-corrected chi connectivity index (χ1v) is 10.8. The van der Waals surface area contributed by atoms with Crippen molar-refractivity contribution < 1.29 is 27.9 Å². The van der Waals surface area contributed by atoms with Gasteiger partial charge in [-0.3, -0.25) is 4.98 Å². The fourth-order valence-electron chi connectivity index (χ4n) is 2.80. The predicted octanol–water partition coefficient (Wildman–Crippen LogP) is 2.19. The van der Waals surface area contributed by atoms with Crippen LogP contribution in [0.2, 0.25) is 0 Å². The van der Waals surface area contributed by atoms with Crippen LogP contribution in [-0.4, -0.2) is 51.4 Å². The Kier molecular flexibility index (Phi) is 5.98. The molecule has 1 amide bonds. The summed E-state index contributed by atoms with van der Waals surface area (Å²) in [5.74, 6) is -1.25. The van der Waals surface area contributed by atoms with Crippen LogP contribution < -0.4 is 5.32 Å². The smallest absolute Gasteiger partial charge is 0.408 e. The van der Waals surface area contributed by atoms with Crippen LogP contribution in [0.25, 0.3) is 10.9 Å². The zero-order valence-corrected chi connectivity index (χ0v) is 18.0. The molecular formula is C20H22N4O6S. The summed E-state index contributed by atoms with van der Waals surface area (Å²) in [7, 11) is -3.91. The zero-order chi connectivity index (χ0) is 22.8. The highest BCUT2D eigenvalue weighted by molar-refractivity contribution is 7.90. The number of alkyl carbamates (subject to hydrolysis) is 1. The van der Waals surface area contributed by atoms with Crippen molar-refractivity contribution in [1.82, 2.24) is 19.5 Å². The Labute approximate surface area is 178 Å². The maximum absolute atomic E-state index is 12.8. The van der Waals surface area contributed by atoms with Gasteiger partial charge in [-0.1, -0.05) is 18.2 Å². The molecule has 2 N–H and O–H groups in total. The first kappa shape index (κ1) is 22.2. The molecule has 10 nitrogen and oxygen atoms in total. The molecule has 0 spiro atoms. The third-order valence-corrected chi connectivity index (χ3v) is 5.76. The molecule has 31 heavy (non-hydrogen) atoms. The molecule has 3 rings (SSSR count). The quantitative estimate of drug-likeness (QED) is 0.587. The number of nitrogens with zero attached hydrogens (tertiary/aromatic N) is 3. The van der Waals surface area contributed by atoms with Crippen LogP contribution in [0, 0.1) is 0 Å². The van der Waals surface area contributed by atoms with E-state index in [4.69, 9.17) is 4.74 Å². The summed E-state index contributed by atoms with van der Waals surface area (Å²) in [5.41, 5.74) is -0.185. The average molecular weight is 446 g/mol. The van der Waals surface area contributed by atoms with Crippen molar-refractivity contribution in [2.24, 2.45) is 0 Å². The number of rotatable bonds is 6. The first-order chi connectivity index (χ1) is 14.5. The number of carbonyl (C=O) groups excluding carboxylic acids is 1. The van der Waals surface area contributed by atoms with E-state index in [0.29, 0.717) is 11.1 Å². The van der Waals surface area contributed by atoms with Gasteiger partial charge in [0.15, 0.2) is 0 Å². The van der Waals surface area contributed by atoms with E-state index in [1.165, 1.54) is 30.6 Å². The number of nitrogens with one attached hydrogen (secondary N) is 1. The lowest BCUT2D eigenvalue weighted by Gasteiger charge is -2.21. The number of benzene rings is 1. The number of aliphatic carboxylic acids is 1. The topological polar surface area (TPSA) is 140 Å². The minimum absolute atomic E-state index is 0.0802. The Bertz CT molecular complexity index is 1220. The summed E-state index contributed by atoms with van der Waals surface area (Å²) in [6.45, 7) is 5.00. The third-order valence-electron chi connectivity index (χ3n) is 4.15. The predicted molar refractivity (Wildman–Crippen MR) is 111 cm³/mol. The van der Waals surface area contributed by atoms with E-state index in [2.05, 4.69) is 15.4 Å². The molecule has 0 saturated carbocycles. The van der Waals surface area contributed by atoms with Crippen LogP contribution in [0.15, 0.2) is 53.7 Å². The van der Waals surface area contributed by atoms with E-state index >= 15 is 0 Å². The second-order valence-electron chi connectivity index (χ2n) is 7.78. The van der Waals surface area contributed by atoms with E-state index in [0.717, 1.165) is 4.09 Å². The molecule has 11 heteroatoms. The molecule has 3 aromatic rings. The fraction of sp³-hybridized carbons (Fsp3) is 0.300. The van der Waals surface area contributed by atoms with E-state index in [-0.39, 0.29) is 16.8 Å². The monoisotopic (exact) mass is 446 g/mol. The van der Waals surface area contributed by atoms with Gasteiger partial charge in [0.2, 0.25) is 0 Å². The number of carboxylic acid groups (broad SMARTS) is 1. The lowest BCUT2D eigenvalue weighted by molar-refractivity contribution is -0.139. The minimum Gasteiger partial charge on any atom is -0.480 e. The second kappa shape index (κ2) is 8.34. The molecule has 0 saturated heterocycles. The number of hydrogen-bond donors (Lipinski definition) is 2. The minimum atomic E-state index is -3.91. The van der Waals surface area contributed by atoms with Crippen LogP contribution in [0.4, 0.5) is 4.79 Å². The van der Waals surface area contributed by atoms with Gasteiger partial charge < -0.3 is 15.2 Å². The van der Waals surface area contributed by atoms with Crippen molar-refractivity contribution >= 4 is 33.0 Å². The summed E-state index contributed by atoms with van der Waals surface area (Å²) in [6, 6.07) is 8.11. The number of aromatic nitrogens is 3. The summed E-state index contributed by atoms with van der Waals surface area (Å²) in [4.78, 5) is 27.7. The van der Waals surface area contributed by atoms with E-state index in [1.54, 1.807) is 39.0 Å². The molecule has 0 aliphatic rings. The van der Waals surface area contributed by atoms with Crippen molar-refractivity contribution in [3.05, 3.63) is 54.5 Å². The number of fused-ring (bicyclic) bond motifs is 1. The summed E-state index contributed by atoms with van der Waals surface area (Å²) < 4.78 is 31.6. The van der Waals surface area contributed by atoms with Crippen LogP contribution in [-0.2, 0) is 26.0 Å². The number of carbonyl (C=O) groups is 2. The Hall–Kier alpha value is -3.47. The molecule has 1 atom stereocenters. The third kappa shape index (κ3) is 5.18. The number of hydrogen-bond acceptors (Lipinski definition) is 7. The number of pyridine rings is 1. The summed E-state index contributed by atoms with van der Waals surface area (Å²) in [5, 5.41) is 16.2. The molecule has 0 bridgehead atoms. The number of carboxylic acids is 1. The van der Waals surface area contributed by atoms with Crippen molar-refractivity contribution in [3.8, 4) is 0 Å². The summed E-state index contributed by atoms with van der Waals surface area (Å²) in [6.07, 6.45) is 1.69. The average Bonchev–Trinajstić information content (AvgIpc) is 3.10. The largest absolute Gasteiger partial charge is 0.480 e. The Morgan fingerprint density at radius 3 is 2.48 bits per heavy atom. The number of ether oxygens (including phenoxy) is 1. The van der Waals surface area contributed by atoms with Crippen LogP contribution >= 0.6 is 0 Å². The zero-order valence-electron chi connectivity index (χ0n) is 17.1. The van der Waals surface area contributed by atoms with Crippen LogP contribution in [0.5, 0.6) is 0 Å². The van der Waals surface area contributed by atoms with Gasteiger partial charge in [-0.2, -0.15) is 17.6 Å². The van der Waals surface area contributed by atoms with E-state index in [1.807, 2.05) is 0 Å². The molecule has 0 aliphatic heterocycles. The van der Waals surface area contributed by atoms with Crippen molar-refractivity contribution in [2.45, 2.75) is 43.7 Å². The van der Waals surface area contributed by atoms with Crippen molar-refractivity contribution in [1.29, 1.82) is 0 Å². The number of amides is 1.